The summed E-state index contributed by atoms with van der Waals surface area (Å²) in [6.07, 6.45) is 5.91. The molecule has 1 aliphatic rings. The van der Waals surface area contributed by atoms with Crippen molar-refractivity contribution >= 4 is 16.9 Å². The molecule has 0 saturated heterocycles. The van der Waals surface area contributed by atoms with Gasteiger partial charge in [0.1, 0.15) is 17.0 Å². The van der Waals surface area contributed by atoms with E-state index in [4.69, 9.17) is 0 Å². The first-order valence-corrected chi connectivity index (χ1v) is 11.7. The first-order chi connectivity index (χ1) is 16.5. The van der Waals surface area contributed by atoms with Crippen LogP contribution >= 0.6 is 0 Å². The lowest BCUT2D eigenvalue weighted by Gasteiger charge is -2.15. The van der Waals surface area contributed by atoms with Crippen molar-refractivity contribution in [3.05, 3.63) is 94.2 Å². The van der Waals surface area contributed by atoms with Crippen molar-refractivity contribution in [2.45, 2.75) is 45.1 Å². The molecule has 34 heavy (non-hydrogen) atoms. The maximum Gasteiger partial charge on any atom is 0.257 e. The van der Waals surface area contributed by atoms with Crippen LogP contribution < -0.4 is 10.7 Å². The van der Waals surface area contributed by atoms with Crippen molar-refractivity contribution in [3.63, 3.8) is 0 Å². The monoisotopic (exact) mass is 455 g/mol. The molecule has 1 N–H and O–H groups in total. The Kier molecular flexibility index (Phi) is 5.74. The van der Waals surface area contributed by atoms with Crippen molar-refractivity contribution in [2.24, 2.45) is 0 Å². The Morgan fingerprint density at radius 2 is 1.94 bits per heavy atom. The van der Waals surface area contributed by atoms with E-state index in [1.807, 2.05) is 50.2 Å². The number of nitrogens with zero attached hydrogens (tertiary/aromatic N) is 2. The number of rotatable bonds is 6. The summed E-state index contributed by atoms with van der Waals surface area (Å²) in [5, 5.41) is 3.28. The van der Waals surface area contributed by atoms with Gasteiger partial charge in [-0.05, 0) is 72.2 Å². The van der Waals surface area contributed by atoms with Crippen LogP contribution in [0.1, 0.15) is 54.9 Å². The van der Waals surface area contributed by atoms with Crippen molar-refractivity contribution in [3.8, 4) is 16.8 Å². The number of carbonyl (C=O) groups excluding carboxylic acids is 1. The summed E-state index contributed by atoms with van der Waals surface area (Å²) in [7, 11) is 0. The highest BCUT2D eigenvalue weighted by Crippen LogP contribution is 2.29. The van der Waals surface area contributed by atoms with Crippen LogP contribution in [-0.2, 0) is 0 Å². The molecule has 5 rings (SSSR count). The van der Waals surface area contributed by atoms with Gasteiger partial charge < -0.3 is 9.88 Å². The molecule has 0 spiro atoms. The predicted molar refractivity (Wildman–Crippen MR) is 132 cm³/mol. The zero-order valence-corrected chi connectivity index (χ0v) is 19.2. The lowest BCUT2D eigenvalue weighted by molar-refractivity contribution is 0.0949. The Labute approximate surface area is 197 Å². The van der Waals surface area contributed by atoms with E-state index in [1.165, 1.54) is 0 Å². The van der Waals surface area contributed by atoms with Crippen LogP contribution in [0.15, 0.2) is 71.8 Å². The van der Waals surface area contributed by atoms with Crippen LogP contribution in [0.3, 0.4) is 0 Å². The lowest BCUT2D eigenvalue weighted by Crippen LogP contribution is -2.31. The van der Waals surface area contributed by atoms with Gasteiger partial charge in [0.2, 0.25) is 5.43 Å². The molecule has 5 nitrogen and oxygen atoms in total. The van der Waals surface area contributed by atoms with Gasteiger partial charge in [-0.15, -0.1) is 0 Å². The second-order valence-electron chi connectivity index (χ2n) is 8.96. The van der Waals surface area contributed by atoms with Crippen LogP contribution in [0.2, 0.25) is 0 Å². The number of fused-ring (bicyclic) bond motifs is 1. The largest absolute Gasteiger partial charge is 0.349 e. The molecule has 6 heteroatoms. The number of aromatic nitrogens is 2. The number of hydrogen-bond acceptors (Lipinski definition) is 3. The zero-order valence-electron chi connectivity index (χ0n) is 19.2. The van der Waals surface area contributed by atoms with Gasteiger partial charge in [0, 0.05) is 24.1 Å². The van der Waals surface area contributed by atoms with E-state index in [1.54, 1.807) is 35.2 Å². The number of benzene rings is 2. The molecule has 2 aromatic heterocycles. The molecule has 1 aliphatic carbocycles. The smallest absolute Gasteiger partial charge is 0.257 e. The number of carbonyl (C=O) groups is 1. The van der Waals surface area contributed by atoms with E-state index in [2.05, 4.69) is 10.3 Å². The van der Waals surface area contributed by atoms with Crippen molar-refractivity contribution < 1.29 is 9.18 Å². The molecule has 2 heterocycles. The highest BCUT2D eigenvalue weighted by molar-refractivity contribution is 5.97. The average Bonchev–Trinajstić information content (AvgIpc) is 3.68. The molecule has 1 fully saturated rings. The Morgan fingerprint density at radius 3 is 2.68 bits per heavy atom. The van der Waals surface area contributed by atoms with Gasteiger partial charge in [-0.3, -0.25) is 9.59 Å². The third kappa shape index (κ3) is 4.12. The summed E-state index contributed by atoms with van der Waals surface area (Å²) in [6.45, 7) is 4.06. The maximum absolute atomic E-state index is 14.8. The number of hydrogen-bond donors (Lipinski definition) is 1. The van der Waals surface area contributed by atoms with Gasteiger partial charge in [-0.25, -0.2) is 9.37 Å². The average molecular weight is 456 g/mol. The molecule has 1 saturated carbocycles. The second-order valence-corrected chi connectivity index (χ2v) is 8.96. The van der Waals surface area contributed by atoms with Gasteiger partial charge >= 0.3 is 0 Å². The molecule has 0 bridgehead atoms. The summed E-state index contributed by atoms with van der Waals surface area (Å²) in [6, 6.07) is 16.5. The summed E-state index contributed by atoms with van der Waals surface area (Å²) in [4.78, 5) is 30.3. The van der Waals surface area contributed by atoms with Gasteiger partial charge in [0.25, 0.3) is 5.91 Å². The SMILES string of the molecule is CC[C@@H](C)c1ccc(-c2cccc(-n3cc(C(=O)NC4CC4)c(=O)c4cccnc43)c2)cc1F. The number of halogens is 1. The lowest BCUT2D eigenvalue weighted by atomic mass is 9.95. The molecular weight excluding hydrogens is 429 g/mol. The van der Waals surface area contributed by atoms with Crippen LogP contribution in [-0.4, -0.2) is 21.5 Å². The van der Waals surface area contributed by atoms with Crippen LogP contribution in [0.5, 0.6) is 0 Å². The number of amides is 1. The molecule has 1 atom stereocenters. The predicted octanol–water partition coefficient (Wildman–Crippen LogP) is 5.60. The van der Waals surface area contributed by atoms with Crippen molar-refractivity contribution in [1.82, 2.24) is 14.9 Å². The first kappa shape index (κ1) is 22.0. The fraction of sp³-hybridized carbons (Fsp3) is 0.250. The third-order valence-corrected chi connectivity index (χ3v) is 6.52. The summed E-state index contributed by atoms with van der Waals surface area (Å²) in [5.74, 6) is -0.434. The molecule has 0 unspecified atom stereocenters. The molecule has 0 aliphatic heterocycles. The molecule has 4 aromatic rings. The van der Waals surface area contributed by atoms with E-state index in [-0.39, 0.29) is 34.7 Å². The van der Waals surface area contributed by atoms with E-state index in [9.17, 15) is 14.0 Å². The molecular formula is C28H26FN3O2. The fourth-order valence-electron chi connectivity index (χ4n) is 4.17. The summed E-state index contributed by atoms with van der Waals surface area (Å²) in [5.41, 5.74) is 3.25. The van der Waals surface area contributed by atoms with Crippen molar-refractivity contribution in [2.75, 3.05) is 0 Å². The molecule has 1 amide bonds. The fourth-order valence-corrected chi connectivity index (χ4v) is 4.17. The Bertz CT molecular complexity index is 1460. The Hall–Kier alpha value is -3.80. The van der Waals surface area contributed by atoms with Gasteiger partial charge in [-0.1, -0.05) is 38.1 Å². The highest BCUT2D eigenvalue weighted by atomic mass is 19.1. The van der Waals surface area contributed by atoms with E-state index in [0.717, 1.165) is 36.1 Å². The minimum absolute atomic E-state index is 0.0850. The minimum atomic E-state index is -0.370. The number of pyridine rings is 2. The van der Waals surface area contributed by atoms with Gasteiger partial charge in [0.05, 0.1) is 5.39 Å². The molecule has 2 aromatic carbocycles. The molecule has 0 radical (unpaired) electrons. The summed E-state index contributed by atoms with van der Waals surface area (Å²) >= 11 is 0. The Morgan fingerprint density at radius 1 is 1.15 bits per heavy atom. The van der Waals surface area contributed by atoms with E-state index in [0.29, 0.717) is 16.6 Å². The minimum Gasteiger partial charge on any atom is -0.349 e. The zero-order chi connectivity index (χ0) is 23.8. The van der Waals surface area contributed by atoms with Crippen LogP contribution in [0.4, 0.5) is 4.39 Å². The highest BCUT2D eigenvalue weighted by Gasteiger charge is 2.26. The van der Waals surface area contributed by atoms with Crippen molar-refractivity contribution in [1.29, 1.82) is 0 Å². The maximum atomic E-state index is 14.8. The standard InChI is InChI=1S/C28H26FN3O2/c1-3-17(2)22-12-9-19(15-25(22)29)18-6-4-7-21(14-18)32-16-24(28(34)31-20-10-11-20)26(33)23-8-5-13-30-27(23)32/h4-9,12-17,20H,3,10-11H2,1-2H3,(H,31,34)/t17-/m1/s1. The second kappa shape index (κ2) is 8.86. The quantitative estimate of drug-likeness (QED) is 0.412. The van der Waals surface area contributed by atoms with Gasteiger partial charge in [0.15, 0.2) is 0 Å². The van der Waals surface area contributed by atoms with E-state index >= 15 is 0 Å². The Balaban J connectivity index is 1.61. The summed E-state index contributed by atoms with van der Waals surface area (Å²) < 4.78 is 16.6. The number of nitrogens with one attached hydrogen (secondary N) is 1. The van der Waals surface area contributed by atoms with Crippen LogP contribution in [0, 0.1) is 5.82 Å². The normalized spacial score (nSPS) is 14.2. The van der Waals surface area contributed by atoms with E-state index < -0.39 is 0 Å². The molecule has 172 valence electrons. The third-order valence-electron chi connectivity index (χ3n) is 6.52. The topological polar surface area (TPSA) is 64.0 Å². The van der Waals surface area contributed by atoms with Gasteiger partial charge in [-0.2, -0.15) is 0 Å². The van der Waals surface area contributed by atoms with Crippen LogP contribution in [0.25, 0.3) is 27.8 Å². The first-order valence-electron chi connectivity index (χ1n) is 11.7.